The summed E-state index contributed by atoms with van der Waals surface area (Å²) in [6, 6.07) is 8.66. The number of rotatable bonds is 7. The van der Waals surface area contributed by atoms with Gasteiger partial charge < -0.3 is 15.0 Å². The molecule has 0 bridgehead atoms. The first-order valence-electron chi connectivity index (χ1n) is 10.8. The van der Waals surface area contributed by atoms with E-state index in [-0.39, 0.29) is 16.5 Å². The lowest BCUT2D eigenvalue weighted by Crippen LogP contribution is -2.16. The van der Waals surface area contributed by atoms with Crippen LogP contribution in [0.15, 0.2) is 54.0 Å². The predicted molar refractivity (Wildman–Crippen MR) is 126 cm³/mol. The highest BCUT2D eigenvalue weighted by atomic mass is 32.1. The minimum Gasteiger partial charge on any atom is -0.456 e. The molecule has 36 heavy (non-hydrogen) atoms. The van der Waals surface area contributed by atoms with Crippen LogP contribution in [0.4, 0.5) is 32.0 Å². The van der Waals surface area contributed by atoms with Gasteiger partial charge in [0.05, 0.1) is 4.88 Å². The lowest BCUT2D eigenvalue weighted by molar-refractivity contribution is -0.138. The first-order valence-corrected chi connectivity index (χ1v) is 11.6. The number of amides is 1. The highest BCUT2D eigenvalue weighted by Crippen LogP contribution is 2.46. The summed E-state index contributed by atoms with van der Waals surface area (Å²) in [5.74, 6) is -1.86. The third-order valence-corrected chi connectivity index (χ3v) is 6.34. The fraction of sp³-hybridized carbons (Fsp3) is 0.240. The van der Waals surface area contributed by atoms with Gasteiger partial charge in [0.15, 0.2) is 6.17 Å². The van der Waals surface area contributed by atoms with E-state index in [1.54, 1.807) is 23.7 Å². The third-order valence-electron chi connectivity index (χ3n) is 5.47. The van der Waals surface area contributed by atoms with E-state index in [0.29, 0.717) is 17.0 Å². The molecule has 2 aromatic carbocycles. The van der Waals surface area contributed by atoms with Crippen LogP contribution in [-0.4, -0.2) is 17.3 Å². The summed E-state index contributed by atoms with van der Waals surface area (Å²) in [5, 5.41) is 4.47. The molecule has 0 aliphatic carbocycles. The Balaban J connectivity index is 1.83. The molecule has 4 nitrogen and oxygen atoms in total. The minimum atomic E-state index is -5.10. The standard InChI is InChI=1S/C25H20F6N2O2S/c1-12(2)17-11-32-19-6-5-14(10-15(17)19)35-22-16(21(26)23(27)28)8-13(9-18(22)25(29,30)31)33-24(34)20-4-3-7-36-20/h3-12,21,23,32H,1-2H3,(H,33,34). The molecule has 190 valence electrons. The Hall–Kier alpha value is -3.47. The van der Waals surface area contributed by atoms with Gasteiger partial charge in [0.2, 0.25) is 0 Å². The Kier molecular flexibility index (Phi) is 7.03. The smallest absolute Gasteiger partial charge is 0.420 e. The van der Waals surface area contributed by atoms with Gasteiger partial charge in [-0.3, -0.25) is 4.79 Å². The molecule has 0 saturated carbocycles. The van der Waals surface area contributed by atoms with E-state index in [1.165, 1.54) is 18.2 Å². The number of fused-ring (bicyclic) bond motifs is 1. The van der Waals surface area contributed by atoms with Crippen molar-refractivity contribution in [2.24, 2.45) is 0 Å². The number of halogens is 6. The second-order valence-electron chi connectivity index (χ2n) is 8.32. The molecule has 1 unspecified atom stereocenters. The molecular formula is C25H20F6N2O2S. The second-order valence-corrected chi connectivity index (χ2v) is 9.26. The number of carbonyl (C=O) groups is 1. The number of H-pyrrole nitrogens is 1. The Labute approximate surface area is 205 Å². The number of benzene rings is 2. The highest BCUT2D eigenvalue weighted by molar-refractivity contribution is 7.12. The predicted octanol–water partition coefficient (Wildman–Crippen LogP) is 8.69. The number of ether oxygens (including phenoxy) is 1. The fourth-order valence-corrected chi connectivity index (χ4v) is 4.39. The molecule has 2 heterocycles. The van der Waals surface area contributed by atoms with Gasteiger partial charge in [-0.15, -0.1) is 11.3 Å². The van der Waals surface area contributed by atoms with E-state index in [4.69, 9.17) is 4.74 Å². The number of carbonyl (C=O) groups excluding carboxylic acids is 1. The molecule has 4 aromatic rings. The summed E-state index contributed by atoms with van der Waals surface area (Å²) in [4.78, 5) is 15.6. The number of alkyl halides is 6. The van der Waals surface area contributed by atoms with Crippen LogP contribution in [0.1, 0.15) is 52.3 Å². The van der Waals surface area contributed by atoms with Gasteiger partial charge in [-0.25, -0.2) is 13.2 Å². The zero-order chi connectivity index (χ0) is 26.2. The van der Waals surface area contributed by atoms with E-state index in [1.807, 2.05) is 13.8 Å². The molecule has 0 aliphatic rings. The largest absolute Gasteiger partial charge is 0.456 e. The SMILES string of the molecule is CC(C)c1c[nH]c2ccc(Oc3c(C(F)C(F)F)cc(NC(=O)c4cccs4)cc3C(F)(F)F)cc12. The van der Waals surface area contributed by atoms with E-state index in [2.05, 4.69) is 10.3 Å². The van der Waals surface area contributed by atoms with Gasteiger partial charge in [0.25, 0.3) is 12.3 Å². The third kappa shape index (κ3) is 5.20. The van der Waals surface area contributed by atoms with Crippen molar-refractivity contribution in [1.29, 1.82) is 0 Å². The number of aromatic nitrogens is 1. The van der Waals surface area contributed by atoms with Gasteiger partial charge in [-0.2, -0.15) is 13.2 Å². The molecular weight excluding hydrogens is 506 g/mol. The van der Waals surface area contributed by atoms with Crippen molar-refractivity contribution in [3.8, 4) is 11.5 Å². The number of nitrogens with one attached hydrogen (secondary N) is 2. The van der Waals surface area contributed by atoms with Gasteiger partial charge in [0.1, 0.15) is 17.1 Å². The average molecular weight is 527 g/mol. The van der Waals surface area contributed by atoms with Crippen LogP contribution in [0.2, 0.25) is 0 Å². The summed E-state index contributed by atoms with van der Waals surface area (Å²) in [5.41, 5.74) is -1.45. The molecule has 0 radical (unpaired) electrons. The van der Waals surface area contributed by atoms with Crippen LogP contribution >= 0.6 is 11.3 Å². The summed E-state index contributed by atoms with van der Waals surface area (Å²) in [7, 11) is 0. The number of hydrogen-bond donors (Lipinski definition) is 2. The monoisotopic (exact) mass is 526 g/mol. The lowest BCUT2D eigenvalue weighted by Gasteiger charge is -2.21. The van der Waals surface area contributed by atoms with Crippen LogP contribution in [0.5, 0.6) is 11.5 Å². The molecule has 0 saturated heterocycles. The van der Waals surface area contributed by atoms with Gasteiger partial charge in [-0.05, 0) is 53.3 Å². The zero-order valence-electron chi connectivity index (χ0n) is 18.9. The van der Waals surface area contributed by atoms with Crippen molar-refractivity contribution >= 4 is 33.8 Å². The minimum absolute atomic E-state index is 0.0793. The quantitative estimate of drug-likeness (QED) is 0.237. The maximum atomic E-state index is 14.6. The van der Waals surface area contributed by atoms with Crippen LogP contribution in [0, 0.1) is 0 Å². The Morgan fingerprint density at radius 2 is 1.81 bits per heavy atom. The Morgan fingerprint density at radius 3 is 2.42 bits per heavy atom. The maximum Gasteiger partial charge on any atom is 0.420 e. The lowest BCUT2D eigenvalue weighted by atomic mass is 10.0. The molecule has 1 amide bonds. The van der Waals surface area contributed by atoms with Crippen molar-refractivity contribution < 1.29 is 35.9 Å². The van der Waals surface area contributed by atoms with E-state index in [0.717, 1.165) is 23.0 Å². The molecule has 0 aliphatic heterocycles. The zero-order valence-corrected chi connectivity index (χ0v) is 19.7. The number of aromatic amines is 1. The van der Waals surface area contributed by atoms with Crippen LogP contribution in [-0.2, 0) is 6.18 Å². The molecule has 4 rings (SSSR count). The first kappa shape index (κ1) is 25.6. The topological polar surface area (TPSA) is 54.1 Å². The molecule has 1 atom stereocenters. The molecule has 11 heteroatoms. The summed E-state index contributed by atoms with van der Waals surface area (Å²) in [6.07, 6.45) is -10.1. The van der Waals surface area contributed by atoms with Crippen molar-refractivity contribution in [2.45, 2.75) is 38.5 Å². The average Bonchev–Trinajstić information content (AvgIpc) is 3.48. The van der Waals surface area contributed by atoms with Gasteiger partial charge in [0, 0.05) is 28.4 Å². The van der Waals surface area contributed by atoms with Crippen molar-refractivity contribution in [3.63, 3.8) is 0 Å². The summed E-state index contributed by atoms with van der Waals surface area (Å²) >= 11 is 1.03. The summed E-state index contributed by atoms with van der Waals surface area (Å²) in [6.45, 7) is 3.85. The van der Waals surface area contributed by atoms with Crippen molar-refractivity contribution in [3.05, 3.63) is 75.6 Å². The number of hydrogen-bond acceptors (Lipinski definition) is 3. The van der Waals surface area contributed by atoms with E-state index in [9.17, 15) is 31.1 Å². The Bertz CT molecular complexity index is 1380. The summed E-state index contributed by atoms with van der Waals surface area (Å²) < 4.78 is 89.0. The first-order chi connectivity index (χ1) is 17.0. The van der Waals surface area contributed by atoms with Gasteiger partial charge >= 0.3 is 6.18 Å². The highest BCUT2D eigenvalue weighted by Gasteiger charge is 2.39. The molecule has 2 aromatic heterocycles. The van der Waals surface area contributed by atoms with Crippen molar-refractivity contribution in [2.75, 3.05) is 5.32 Å². The molecule has 0 spiro atoms. The normalized spacial score (nSPS) is 12.9. The number of anilines is 1. The van der Waals surface area contributed by atoms with Crippen LogP contribution in [0.3, 0.4) is 0 Å². The molecule has 2 N–H and O–H groups in total. The second kappa shape index (κ2) is 9.88. The number of thiophene rings is 1. The fourth-order valence-electron chi connectivity index (χ4n) is 3.77. The van der Waals surface area contributed by atoms with E-state index < -0.39 is 47.2 Å². The van der Waals surface area contributed by atoms with Crippen LogP contribution < -0.4 is 10.1 Å². The van der Waals surface area contributed by atoms with Crippen LogP contribution in [0.25, 0.3) is 10.9 Å². The van der Waals surface area contributed by atoms with Crippen molar-refractivity contribution in [1.82, 2.24) is 4.98 Å². The van der Waals surface area contributed by atoms with Gasteiger partial charge in [-0.1, -0.05) is 19.9 Å². The van der Waals surface area contributed by atoms with E-state index >= 15 is 0 Å². The Morgan fingerprint density at radius 1 is 1.06 bits per heavy atom. The maximum absolute atomic E-state index is 14.6. The molecule has 0 fully saturated rings.